The van der Waals surface area contributed by atoms with Crippen LogP contribution in [0.1, 0.15) is 37.2 Å². The average Bonchev–Trinajstić information content (AvgIpc) is 3.09. The van der Waals surface area contributed by atoms with Gasteiger partial charge in [-0.25, -0.2) is 0 Å². The number of aliphatic hydroxyl groups excluding tert-OH is 1. The number of carbonyl (C=O) groups is 2. The summed E-state index contributed by atoms with van der Waals surface area (Å²) in [5.41, 5.74) is 2.46. The van der Waals surface area contributed by atoms with Crippen molar-refractivity contribution >= 4 is 11.8 Å². The maximum Gasteiger partial charge on any atom is 0.270 e. The lowest BCUT2D eigenvalue weighted by atomic mass is 10.1. The van der Waals surface area contributed by atoms with E-state index in [1.54, 1.807) is 11.0 Å². The molecule has 0 radical (unpaired) electrons. The summed E-state index contributed by atoms with van der Waals surface area (Å²) in [6.07, 6.45) is 0.340. The summed E-state index contributed by atoms with van der Waals surface area (Å²) in [4.78, 5) is 29.7. The van der Waals surface area contributed by atoms with Gasteiger partial charge in [0.15, 0.2) is 0 Å². The Labute approximate surface area is 159 Å². The van der Waals surface area contributed by atoms with E-state index in [0.29, 0.717) is 31.6 Å². The fourth-order valence-corrected chi connectivity index (χ4v) is 3.29. The molecule has 2 amide bonds. The molecule has 0 unspecified atom stereocenters. The molecule has 3 N–H and O–H groups in total. The van der Waals surface area contributed by atoms with Crippen LogP contribution in [0.3, 0.4) is 0 Å². The summed E-state index contributed by atoms with van der Waals surface area (Å²) >= 11 is 0. The quantitative estimate of drug-likeness (QED) is 0.774. The minimum Gasteiger partial charge on any atom is -0.391 e. The molecular formula is C21H27N3O3. The van der Waals surface area contributed by atoms with Crippen molar-refractivity contribution < 1.29 is 14.7 Å². The van der Waals surface area contributed by atoms with Crippen molar-refractivity contribution in [2.24, 2.45) is 5.92 Å². The van der Waals surface area contributed by atoms with Gasteiger partial charge < -0.3 is 20.3 Å². The topological polar surface area (TPSA) is 85.4 Å². The van der Waals surface area contributed by atoms with Crippen molar-refractivity contribution in [1.82, 2.24) is 15.2 Å². The highest BCUT2D eigenvalue weighted by Crippen LogP contribution is 2.20. The number of likely N-dealkylation sites (tertiary alicyclic amines) is 1. The monoisotopic (exact) mass is 369 g/mol. The molecule has 144 valence electrons. The highest BCUT2D eigenvalue weighted by Gasteiger charge is 2.29. The third-order valence-corrected chi connectivity index (χ3v) is 5.01. The van der Waals surface area contributed by atoms with Gasteiger partial charge in [0.25, 0.3) is 5.91 Å². The standard InChI is InChI=1S/C21H27N3O3/c1-14(2)20(26)23-17-10-12-24(13-11-19(17)25)21(27)18-9-8-16(22-18)15-6-4-3-5-7-15/h3-9,14,17,19,22,25H,10-13H2,1-2H3,(H,23,26)/t17-,19-/m0/s1. The van der Waals surface area contributed by atoms with Crippen molar-refractivity contribution in [3.05, 3.63) is 48.2 Å². The molecule has 0 spiro atoms. The Morgan fingerprint density at radius 3 is 2.52 bits per heavy atom. The summed E-state index contributed by atoms with van der Waals surface area (Å²) in [6.45, 7) is 4.61. The first-order valence-corrected chi connectivity index (χ1v) is 9.48. The minimum absolute atomic E-state index is 0.0734. The number of nitrogens with one attached hydrogen (secondary N) is 2. The van der Waals surface area contributed by atoms with Crippen molar-refractivity contribution in [3.8, 4) is 11.3 Å². The minimum atomic E-state index is -0.644. The number of carbonyl (C=O) groups excluding carboxylic acids is 2. The lowest BCUT2D eigenvalue weighted by molar-refractivity contribution is -0.125. The highest BCUT2D eigenvalue weighted by molar-refractivity contribution is 5.93. The molecule has 2 aromatic rings. The van der Waals surface area contributed by atoms with E-state index < -0.39 is 6.10 Å². The Morgan fingerprint density at radius 2 is 1.81 bits per heavy atom. The first kappa shape index (κ1) is 19.2. The number of nitrogens with zero attached hydrogens (tertiary/aromatic N) is 1. The number of benzene rings is 1. The van der Waals surface area contributed by atoms with Crippen LogP contribution < -0.4 is 5.32 Å². The molecule has 1 aliphatic rings. The predicted octanol–water partition coefficient (Wildman–Crippen LogP) is 2.42. The van der Waals surface area contributed by atoms with Crippen LogP contribution in [0, 0.1) is 5.92 Å². The zero-order valence-electron chi connectivity index (χ0n) is 15.8. The van der Waals surface area contributed by atoms with Crippen LogP contribution in [0.15, 0.2) is 42.5 Å². The molecule has 6 nitrogen and oxygen atoms in total. The van der Waals surface area contributed by atoms with Gasteiger partial charge in [-0.3, -0.25) is 9.59 Å². The number of hydrogen-bond acceptors (Lipinski definition) is 3. The number of amides is 2. The van der Waals surface area contributed by atoms with Crippen molar-refractivity contribution in [2.45, 2.75) is 38.8 Å². The number of H-pyrrole nitrogens is 1. The molecule has 0 saturated carbocycles. The van der Waals surface area contributed by atoms with Gasteiger partial charge in [0.05, 0.1) is 12.1 Å². The van der Waals surface area contributed by atoms with Crippen LogP contribution in [-0.2, 0) is 4.79 Å². The van der Waals surface area contributed by atoms with E-state index in [1.165, 1.54) is 0 Å². The van der Waals surface area contributed by atoms with Gasteiger partial charge in [-0.05, 0) is 30.5 Å². The summed E-state index contributed by atoms with van der Waals surface area (Å²) in [5, 5.41) is 13.2. The van der Waals surface area contributed by atoms with Gasteiger partial charge in [-0.15, -0.1) is 0 Å². The van der Waals surface area contributed by atoms with Gasteiger partial charge in [0, 0.05) is 24.7 Å². The Morgan fingerprint density at radius 1 is 1.11 bits per heavy atom. The average molecular weight is 369 g/mol. The van der Waals surface area contributed by atoms with Crippen LogP contribution in [-0.4, -0.2) is 52.0 Å². The lowest BCUT2D eigenvalue weighted by Gasteiger charge is -2.22. The van der Waals surface area contributed by atoms with E-state index in [1.807, 2.05) is 50.2 Å². The number of aromatic amines is 1. The molecule has 27 heavy (non-hydrogen) atoms. The normalized spacial score (nSPS) is 20.4. The SMILES string of the molecule is CC(C)C(=O)N[C@H]1CCN(C(=O)c2ccc(-c3ccccc3)[nH]2)CC[C@@H]1O. The summed E-state index contributed by atoms with van der Waals surface area (Å²) in [7, 11) is 0. The van der Waals surface area contributed by atoms with Crippen LogP contribution in [0.4, 0.5) is 0 Å². The Kier molecular flexibility index (Phi) is 5.96. The number of aromatic nitrogens is 1. The maximum absolute atomic E-state index is 12.9. The molecule has 0 bridgehead atoms. The van der Waals surface area contributed by atoms with E-state index in [9.17, 15) is 14.7 Å². The zero-order valence-corrected chi connectivity index (χ0v) is 15.8. The van der Waals surface area contributed by atoms with Crippen molar-refractivity contribution in [3.63, 3.8) is 0 Å². The largest absolute Gasteiger partial charge is 0.391 e. The molecule has 2 atom stereocenters. The molecule has 6 heteroatoms. The Balaban J connectivity index is 1.66. The molecule has 1 aromatic heterocycles. The van der Waals surface area contributed by atoms with Crippen LogP contribution in [0.5, 0.6) is 0 Å². The second-order valence-corrected chi connectivity index (χ2v) is 7.36. The van der Waals surface area contributed by atoms with Gasteiger partial charge in [0.1, 0.15) is 5.69 Å². The van der Waals surface area contributed by atoms with E-state index in [-0.39, 0.29) is 23.8 Å². The molecule has 1 fully saturated rings. The Bertz CT molecular complexity index is 785. The zero-order chi connectivity index (χ0) is 19.4. The highest BCUT2D eigenvalue weighted by atomic mass is 16.3. The van der Waals surface area contributed by atoms with Crippen molar-refractivity contribution in [2.75, 3.05) is 13.1 Å². The lowest BCUT2D eigenvalue weighted by Crippen LogP contribution is -2.44. The number of aliphatic hydroxyl groups is 1. The third-order valence-electron chi connectivity index (χ3n) is 5.01. The fraction of sp³-hybridized carbons (Fsp3) is 0.429. The van der Waals surface area contributed by atoms with E-state index >= 15 is 0 Å². The molecule has 2 heterocycles. The Hall–Kier alpha value is -2.60. The second-order valence-electron chi connectivity index (χ2n) is 7.36. The summed E-state index contributed by atoms with van der Waals surface area (Å²) in [5.74, 6) is -0.288. The van der Waals surface area contributed by atoms with E-state index in [0.717, 1.165) is 11.3 Å². The predicted molar refractivity (Wildman–Crippen MR) is 104 cm³/mol. The summed E-state index contributed by atoms with van der Waals surface area (Å²) < 4.78 is 0. The van der Waals surface area contributed by atoms with Gasteiger partial charge in [0.2, 0.25) is 5.91 Å². The molecule has 1 saturated heterocycles. The fourth-order valence-electron chi connectivity index (χ4n) is 3.29. The smallest absolute Gasteiger partial charge is 0.270 e. The number of rotatable bonds is 4. The molecule has 1 aromatic carbocycles. The molecular weight excluding hydrogens is 342 g/mol. The molecule has 3 rings (SSSR count). The first-order valence-electron chi connectivity index (χ1n) is 9.48. The maximum atomic E-state index is 12.9. The summed E-state index contributed by atoms with van der Waals surface area (Å²) in [6, 6.07) is 13.2. The van der Waals surface area contributed by atoms with Gasteiger partial charge >= 0.3 is 0 Å². The van der Waals surface area contributed by atoms with E-state index in [2.05, 4.69) is 10.3 Å². The van der Waals surface area contributed by atoms with Gasteiger partial charge in [-0.2, -0.15) is 0 Å². The van der Waals surface area contributed by atoms with E-state index in [4.69, 9.17) is 0 Å². The number of hydrogen-bond donors (Lipinski definition) is 3. The first-order chi connectivity index (χ1) is 13.0. The molecule has 0 aliphatic carbocycles. The van der Waals surface area contributed by atoms with Crippen LogP contribution in [0.25, 0.3) is 11.3 Å². The van der Waals surface area contributed by atoms with Crippen molar-refractivity contribution in [1.29, 1.82) is 0 Å². The van der Waals surface area contributed by atoms with Crippen LogP contribution >= 0.6 is 0 Å². The second kappa shape index (κ2) is 8.39. The molecule has 1 aliphatic heterocycles. The van der Waals surface area contributed by atoms with Crippen LogP contribution in [0.2, 0.25) is 0 Å². The third kappa shape index (κ3) is 4.57. The van der Waals surface area contributed by atoms with Gasteiger partial charge in [-0.1, -0.05) is 44.2 Å².